The summed E-state index contributed by atoms with van der Waals surface area (Å²) in [6.45, 7) is 0. The second-order valence-corrected chi connectivity index (χ2v) is 10.3. The molecule has 3 heterocycles. The molecule has 13 heteroatoms. The molecular formula is C30H29ClN8O4. The molecule has 3 amide bonds. The number of hydrogen-bond donors (Lipinski definition) is 3. The number of pyridine rings is 1. The molecule has 1 aliphatic rings. The molecule has 1 aliphatic heterocycles. The summed E-state index contributed by atoms with van der Waals surface area (Å²) in [6, 6.07) is 13.8. The normalized spacial score (nSPS) is 15.3. The third-order valence-corrected chi connectivity index (χ3v) is 7.12. The monoisotopic (exact) mass is 600 g/mol. The molecule has 2 bridgehead atoms. The average Bonchev–Trinajstić information content (AvgIpc) is 3.54. The number of anilines is 2. The number of nitrogens with one attached hydrogen (secondary N) is 3. The molecule has 2 aromatic carbocycles. The summed E-state index contributed by atoms with van der Waals surface area (Å²) in [7, 11) is 1.28. The Hall–Kier alpha value is -5.10. The van der Waals surface area contributed by atoms with Gasteiger partial charge in [0.1, 0.15) is 6.33 Å². The standard InChI is InChI=1S/C30H29ClN8O4/c1-43-30(42)34-22-9-10-23-19-13-14-32-26(16-19)24(5-3-2-4-6-28(40)36-25(23)17-22)35-29(41)12-7-20-15-21(31)8-11-27(20)39-18-33-37-38-39/h7-18,24H,2-6H2,1H3,(H,34,42)(H,35,41)(H,36,40)/b12-7+/t24-/m0/s1. The van der Waals surface area contributed by atoms with Gasteiger partial charge in [-0.05, 0) is 77.4 Å². The predicted molar refractivity (Wildman–Crippen MR) is 161 cm³/mol. The lowest BCUT2D eigenvalue weighted by molar-refractivity contribution is -0.117. The van der Waals surface area contributed by atoms with Crippen LogP contribution >= 0.6 is 11.6 Å². The topological polar surface area (TPSA) is 153 Å². The zero-order valence-electron chi connectivity index (χ0n) is 23.3. The van der Waals surface area contributed by atoms with Crippen molar-refractivity contribution in [2.75, 3.05) is 17.7 Å². The van der Waals surface area contributed by atoms with Gasteiger partial charge in [-0.15, -0.1) is 5.10 Å². The van der Waals surface area contributed by atoms with E-state index < -0.39 is 6.09 Å². The van der Waals surface area contributed by atoms with Crippen molar-refractivity contribution in [3.63, 3.8) is 0 Å². The highest BCUT2D eigenvalue weighted by molar-refractivity contribution is 6.30. The van der Waals surface area contributed by atoms with Crippen molar-refractivity contribution in [2.24, 2.45) is 0 Å². The second kappa shape index (κ2) is 13.7. The lowest BCUT2D eigenvalue weighted by Gasteiger charge is -2.19. The highest BCUT2D eigenvalue weighted by Gasteiger charge is 2.19. The fourth-order valence-corrected chi connectivity index (χ4v) is 4.97. The van der Waals surface area contributed by atoms with Gasteiger partial charge < -0.3 is 15.4 Å². The number of methoxy groups -OCH3 is 1. The summed E-state index contributed by atoms with van der Waals surface area (Å²) in [6.07, 6.45) is 8.87. The van der Waals surface area contributed by atoms with Crippen molar-refractivity contribution < 1.29 is 19.1 Å². The van der Waals surface area contributed by atoms with E-state index in [1.807, 2.05) is 18.2 Å². The van der Waals surface area contributed by atoms with Crippen LogP contribution in [0.5, 0.6) is 0 Å². The van der Waals surface area contributed by atoms with E-state index in [-0.39, 0.29) is 17.9 Å². The van der Waals surface area contributed by atoms with Gasteiger partial charge in [-0.2, -0.15) is 4.68 Å². The molecule has 0 radical (unpaired) electrons. The quantitative estimate of drug-likeness (QED) is 0.260. The molecule has 0 unspecified atom stereocenters. The molecule has 5 rings (SSSR count). The largest absolute Gasteiger partial charge is 0.453 e. The van der Waals surface area contributed by atoms with Crippen molar-refractivity contribution >= 4 is 47.0 Å². The maximum atomic E-state index is 13.2. The van der Waals surface area contributed by atoms with Gasteiger partial charge in [-0.25, -0.2) is 4.79 Å². The number of hydrogen-bond acceptors (Lipinski definition) is 8. The first-order valence-electron chi connectivity index (χ1n) is 13.7. The minimum Gasteiger partial charge on any atom is -0.453 e. The molecule has 3 N–H and O–H groups in total. The number of halogens is 1. The molecule has 43 heavy (non-hydrogen) atoms. The van der Waals surface area contributed by atoms with Crippen LogP contribution in [0, 0.1) is 0 Å². The summed E-state index contributed by atoms with van der Waals surface area (Å²) >= 11 is 6.21. The van der Waals surface area contributed by atoms with E-state index in [9.17, 15) is 14.4 Å². The minimum absolute atomic E-state index is 0.123. The van der Waals surface area contributed by atoms with E-state index in [4.69, 9.17) is 16.3 Å². The summed E-state index contributed by atoms with van der Waals surface area (Å²) in [5.74, 6) is -0.429. The number of carbonyl (C=O) groups excluding carboxylic acids is 3. The van der Waals surface area contributed by atoms with Gasteiger partial charge in [0.25, 0.3) is 0 Å². The summed E-state index contributed by atoms with van der Waals surface area (Å²) in [4.78, 5) is 42.3. The van der Waals surface area contributed by atoms with Crippen molar-refractivity contribution in [1.29, 1.82) is 0 Å². The van der Waals surface area contributed by atoms with E-state index in [1.54, 1.807) is 42.6 Å². The van der Waals surface area contributed by atoms with Gasteiger partial charge in [-0.1, -0.05) is 30.5 Å². The van der Waals surface area contributed by atoms with Gasteiger partial charge in [0.15, 0.2) is 0 Å². The third-order valence-electron chi connectivity index (χ3n) is 6.89. The Labute approximate surface area is 252 Å². The van der Waals surface area contributed by atoms with Crippen molar-refractivity contribution in [3.05, 3.63) is 83.4 Å². The highest BCUT2D eigenvalue weighted by atomic mass is 35.5. The van der Waals surface area contributed by atoms with Gasteiger partial charge in [0.2, 0.25) is 11.8 Å². The molecule has 0 spiro atoms. The highest BCUT2D eigenvalue weighted by Crippen LogP contribution is 2.33. The number of rotatable bonds is 5. The van der Waals surface area contributed by atoms with Gasteiger partial charge in [0, 0.05) is 40.5 Å². The lowest BCUT2D eigenvalue weighted by atomic mass is 9.99. The number of carbonyl (C=O) groups is 3. The minimum atomic E-state index is -0.614. The van der Waals surface area contributed by atoms with E-state index in [0.29, 0.717) is 52.6 Å². The van der Waals surface area contributed by atoms with E-state index in [1.165, 1.54) is 24.2 Å². The van der Waals surface area contributed by atoms with Crippen molar-refractivity contribution in [1.82, 2.24) is 30.5 Å². The van der Waals surface area contributed by atoms with Crippen molar-refractivity contribution in [2.45, 2.75) is 38.1 Å². The second-order valence-electron chi connectivity index (χ2n) is 9.85. The Balaban J connectivity index is 1.42. The number of benzene rings is 2. The smallest absolute Gasteiger partial charge is 0.411 e. The zero-order chi connectivity index (χ0) is 30.2. The predicted octanol–water partition coefficient (Wildman–Crippen LogP) is 5.33. The SMILES string of the molecule is COC(=O)Nc1ccc2c(c1)NC(=O)CCCCC[C@H](NC(=O)/C=C/c1cc(Cl)ccc1-n1cnnn1)c1cc-2ccn1. The van der Waals surface area contributed by atoms with Crippen LogP contribution in [0.4, 0.5) is 16.2 Å². The number of nitrogens with zero attached hydrogens (tertiary/aromatic N) is 5. The van der Waals surface area contributed by atoms with Crippen LogP contribution in [0.2, 0.25) is 5.02 Å². The number of tetrazole rings is 1. The Morgan fingerprint density at radius 3 is 2.81 bits per heavy atom. The van der Waals surface area contributed by atoms with E-state index >= 15 is 0 Å². The first kappa shape index (κ1) is 29.4. The number of ether oxygens (including phenoxy) is 1. The molecular weight excluding hydrogens is 572 g/mol. The average molecular weight is 601 g/mol. The molecule has 0 fully saturated rings. The molecule has 1 atom stereocenters. The fraction of sp³-hybridized carbons (Fsp3) is 0.233. The fourth-order valence-electron chi connectivity index (χ4n) is 4.79. The van der Waals surface area contributed by atoms with E-state index in [2.05, 4.69) is 36.5 Å². The van der Waals surface area contributed by atoms with Crippen LogP contribution < -0.4 is 16.0 Å². The zero-order valence-corrected chi connectivity index (χ0v) is 24.0. The van der Waals surface area contributed by atoms with Gasteiger partial charge >= 0.3 is 6.09 Å². The Kier molecular flexibility index (Phi) is 9.37. The van der Waals surface area contributed by atoms with Crippen molar-refractivity contribution in [3.8, 4) is 16.8 Å². The molecule has 0 aliphatic carbocycles. The van der Waals surface area contributed by atoms with Crippen LogP contribution in [-0.4, -0.2) is 50.2 Å². The summed E-state index contributed by atoms with van der Waals surface area (Å²) in [5, 5.41) is 20.5. The summed E-state index contributed by atoms with van der Waals surface area (Å²) in [5.41, 5.74) is 4.57. The lowest BCUT2D eigenvalue weighted by Crippen LogP contribution is -2.27. The maximum Gasteiger partial charge on any atom is 0.411 e. The number of fused-ring (bicyclic) bond motifs is 4. The maximum absolute atomic E-state index is 13.2. The van der Waals surface area contributed by atoms with Crippen LogP contribution in [0.15, 0.2) is 67.1 Å². The number of aromatic nitrogens is 5. The Morgan fingerprint density at radius 1 is 1.12 bits per heavy atom. The van der Waals surface area contributed by atoms with E-state index in [0.717, 1.165) is 24.0 Å². The molecule has 220 valence electrons. The summed E-state index contributed by atoms with van der Waals surface area (Å²) < 4.78 is 6.19. The van der Waals surface area contributed by atoms with Crippen LogP contribution in [0.3, 0.4) is 0 Å². The third kappa shape index (κ3) is 7.60. The van der Waals surface area contributed by atoms with Crippen LogP contribution in [0.1, 0.15) is 49.4 Å². The number of amides is 3. The Bertz CT molecular complexity index is 1660. The van der Waals surface area contributed by atoms with Crippen LogP contribution in [-0.2, 0) is 14.3 Å². The molecule has 2 aromatic heterocycles. The first-order valence-corrected chi connectivity index (χ1v) is 14.0. The molecule has 4 aromatic rings. The Morgan fingerprint density at radius 2 is 2.00 bits per heavy atom. The van der Waals surface area contributed by atoms with Crippen LogP contribution in [0.25, 0.3) is 22.9 Å². The molecule has 12 nitrogen and oxygen atoms in total. The molecule has 0 saturated carbocycles. The molecule has 0 saturated heterocycles. The van der Waals surface area contributed by atoms with Gasteiger partial charge in [-0.3, -0.25) is 19.9 Å². The van der Waals surface area contributed by atoms with Gasteiger partial charge in [0.05, 0.1) is 30.2 Å². The first-order chi connectivity index (χ1) is 20.9.